The number of hydrogen-bond donors (Lipinski definition) is 1. The van der Waals surface area contributed by atoms with E-state index >= 15 is 0 Å². The Balaban J connectivity index is 2.09. The van der Waals surface area contributed by atoms with Gasteiger partial charge >= 0.3 is 11.9 Å². The van der Waals surface area contributed by atoms with Crippen molar-refractivity contribution in [3.8, 4) is 11.8 Å². The lowest BCUT2D eigenvalue weighted by Gasteiger charge is -2.15. The van der Waals surface area contributed by atoms with Gasteiger partial charge in [-0.05, 0) is 12.1 Å². The summed E-state index contributed by atoms with van der Waals surface area (Å²) >= 11 is 0. The van der Waals surface area contributed by atoms with Crippen LogP contribution in [-0.4, -0.2) is 31.7 Å². The van der Waals surface area contributed by atoms with Crippen LogP contribution in [-0.2, 0) is 9.53 Å². The minimum absolute atomic E-state index is 0.0175. The lowest BCUT2D eigenvalue weighted by atomic mass is 10.1. The number of nitrogens with zero attached hydrogens (tertiary/aromatic N) is 1. The predicted octanol–water partition coefficient (Wildman–Crippen LogP) is 1.93. The van der Waals surface area contributed by atoms with Crippen molar-refractivity contribution >= 4 is 11.7 Å². The third-order valence-corrected chi connectivity index (χ3v) is 2.93. The summed E-state index contributed by atoms with van der Waals surface area (Å²) in [6.07, 6.45) is -1.61. The first-order chi connectivity index (χ1) is 9.47. The number of esters is 1. The maximum absolute atomic E-state index is 13.0. The second kappa shape index (κ2) is 5.33. The van der Waals surface area contributed by atoms with Gasteiger partial charge in [0.1, 0.15) is 17.9 Å². The molecular formula is C13H12F2N2O3. The van der Waals surface area contributed by atoms with Crippen LogP contribution in [0.1, 0.15) is 12.0 Å². The number of benzene rings is 1. The van der Waals surface area contributed by atoms with Crippen molar-refractivity contribution in [3.63, 3.8) is 0 Å². The molecule has 0 spiro atoms. The van der Waals surface area contributed by atoms with Crippen LogP contribution in [0.5, 0.6) is 5.75 Å². The molecule has 0 aliphatic carbocycles. The molecule has 106 valence electrons. The number of methoxy groups -OCH3 is 1. The normalized spacial score (nSPS) is 20.1. The second-order valence-corrected chi connectivity index (χ2v) is 4.31. The fourth-order valence-corrected chi connectivity index (χ4v) is 1.95. The molecule has 1 aliphatic heterocycles. The summed E-state index contributed by atoms with van der Waals surface area (Å²) in [4.78, 5) is 10.9. The third kappa shape index (κ3) is 2.64. The molecule has 2 rings (SSSR count). The quantitative estimate of drug-likeness (QED) is 0.854. The molecule has 1 atom stereocenters. The maximum Gasteiger partial charge on any atom is 0.377 e. The average molecular weight is 282 g/mol. The lowest BCUT2D eigenvalue weighted by molar-refractivity contribution is -0.158. The summed E-state index contributed by atoms with van der Waals surface area (Å²) in [6.45, 7) is -0.0175. The predicted molar refractivity (Wildman–Crippen MR) is 65.6 cm³/mol. The van der Waals surface area contributed by atoms with Crippen LogP contribution in [0, 0.1) is 11.3 Å². The molecule has 1 aromatic rings. The Kier molecular flexibility index (Phi) is 3.74. The molecule has 0 bridgehead atoms. The monoisotopic (exact) mass is 282 g/mol. The Morgan fingerprint density at radius 1 is 1.60 bits per heavy atom. The van der Waals surface area contributed by atoms with Gasteiger partial charge in [0.05, 0.1) is 31.3 Å². The van der Waals surface area contributed by atoms with Gasteiger partial charge in [-0.2, -0.15) is 14.0 Å². The van der Waals surface area contributed by atoms with E-state index < -0.39 is 24.4 Å². The number of para-hydroxylation sites is 1. The SMILES string of the molecule is COc1cccc(C#N)c1NCC1CC(F)(F)C(=O)O1. The van der Waals surface area contributed by atoms with Crippen LogP contribution in [0.4, 0.5) is 14.5 Å². The summed E-state index contributed by atoms with van der Waals surface area (Å²) in [6, 6.07) is 6.82. The van der Waals surface area contributed by atoms with Crippen molar-refractivity contribution in [3.05, 3.63) is 23.8 Å². The molecule has 0 saturated carbocycles. The highest BCUT2D eigenvalue weighted by molar-refractivity contribution is 5.79. The molecule has 1 aromatic carbocycles. The van der Waals surface area contributed by atoms with Crippen LogP contribution in [0.15, 0.2) is 18.2 Å². The van der Waals surface area contributed by atoms with Gasteiger partial charge in [0, 0.05) is 0 Å². The topological polar surface area (TPSA) is 71.3 Å². The van der Waals surface area contributed by atoms with Crippen molar-refractivity contribution in [1.29, 1.82) is 5.26 Å². The van der Waals surface area contributed by atoms with Crippen molar-refractivity contribution in [1.82, 2.24) is 0 Å². The van der Waals surface area contributed by atoms with Gasteiger partial charge in [-0.3, -0.25) is 0 Å². The number of carbonyl (C=O) groups excluding carboxylic acids is 1. The van der Waals surface area contributed by atoms with Crippen LogP contribution in [0.3, 0.4) is 0 Å². The Hall–Kier alpha value is -2.36. The van der Waals surface area contributed by atoms with Crippen LogP contribution >= 0.6 is 0 Å². The van der Waals surface area contributed by atoms with E-state index in [2.05, 4.69) is 10.1 Å². The van der Waals surface area contributed by atoms with E-state index in [9.17, 15) is 13.6 Å². The van der Waals surface area contributed by atoms with E-state index in [-0.39, 0.29) is 6.54 Å². The number of nitriles is 1. The molecule has 0 amide bonds. The zero-order chi connectivity index (χ0) is 14.8. The van der Waals surface area contributed by atoms with Crippen LogP contribution < -0.4 is 10.1 Å². The summed E-state index contributed by atoms with van der Waals surface area (Å²) in [5, 5.41) is 11.8. The summed E-state index contributed by atoms with van der Waals surface area (Å²) in [7, 11) is 1.44. The Bertz CT molecular complexity index is 569. The van der Waals surface area contributed by atoms with Crippen LogP contribution in [0.2, 0.25) is 0 Å². The molecule has 0 aromatic heterocycles. The standard InChI is InChI=1S/C13H12F2N2O3/c1-19-10-4-2-3-8(6-16)11(10)17-7-9-5-13(14,15)12(18)20-9/h2-4,9,17H,5,7H2,1H3. The fraction of sp³-hybridized carbons (Fsp3) is 0.385. The van der Waals surface area contributed by atoms with Gasteiger partial charge in [-0.25, -0.2) is 4.79 Å². The van der Waals surface area contributed by atoms with Gasteiger partial charge < -0.3 is 14.8 Å². The number of alkyl halides is 2. The van der Waals surface area contributed by atoms with E-state index in [1.807, 2.05) is 6.07 Å². The zero-order valence-corrected chi connectivity index (χ0v) is 10.7. The third-order valence-electron chi connectivity index (χ3n) is 2.93. The molecular weight excluding hydrogens is 270 g/mol. The average Bonchev–Trinajstić information content (AvgIpc) is 2.69. The Labute approximate surface area is 114 Å². The molecule has 1 N–H and O–H groups in total. The molecule has 1 aliphatic rings. The van der Waals surface area contributed by atoms with Gasteiger partial charge in [0.15, 0.2) is 0 Å². The van der Waals surface area contributed by atoms with Crippen molar-refractivity contribution in [2.45, 2.75) is 18.4 Å². The number of halogens is 2. The van der Waals surface area contributed by atoms with E-state index in [1.54, 1.807) is 18.2 Å². The van der Waals surface area contributed by atoms with Crippen molar-refractivity contribution in [2.24, 2.45) is 0 Å². The molecule has 1 saturated heterocycles. The summed E-state index contributed by atoms with van der Waals surface area (Å²) in [5.41, 5.74) is 0.712. The zero-order valence-electron chi connectivity index (χ0n) is 10.7. The first kappa shape index (κ1) is 14.1. The number of cyclic esters (lactones) is 1. The molecule has 20 heavy (non-hydrogen) atoms. The summed E-state index contributed by atoms with van der Waals surface area (Å²) in [5.74, 6) is -4.53. The molecule has 1 unspecified atom stereocenters. The van der Waals surface area contributed by atoms with Gasteiger partial charge in [0.2, 0.25) is 0 Å². The second-order valence-electron chi connectivity index (χ2n) is 4.31. The van der Waals surface area contributed by atoms with E-state index in [4.69, 9.17) is 10.00 Å². The first-order valence-electron chi connectivity index (χ1n) is 5.88. The molecule has 1 heterocycles. The van der Waals surface area contributed by atoms with Crippen molar-refractivity contribution < 1.29 is 23.0 Å². The number of carbonyl (C=O) groups is 1. The highest BCUT2D eigenvalue weighted by Gasteiger charge is 2.50. The van der Waals surface area contributed by atoms with Gasteiger partial charge in [0.25, 0.3) is 0 Å². The molecule has 7 heteroatoms. The highest BCUT2D eigenvalue weighted by atomic mass is 19.3. The fourth-order valence-electron chi connectivity index (χ4n) is 1.95. The van der Waals surface area contributed by atoms with E-state index in [0.717, 1.165) is 0 Å². The number of hydrogen-bond acceptors (Lipinski definition) is 5. The number of anilines is 1. The largest absolute Gasteiger partial charge is 0.495 e. The highest BCUT2D eigenvalue weighted by Crippen LogP contribution is 2.32. The summed E-state index contributed by atoms with van der Waals surface area (Å²) < 4.78 is 35.7. The minimum Gasteiger partial charge on any atom is -0.495 e. The Morgan fingerprint density at radius 3 is 2.90 bits per heavy atom. The first-order valence-corrected chi connectivity index (χ1v) is 5.88. The molecule has 0 radical (unpaired) electrons. The van der Waals surface area contributed by atoms with Crippen molar-refractivity contribution in [2.75, 3.05) is 19.0 Å². The van der Waals surface area contributed by atoms with E-state index in [0.29, 0.717) is 17.0 Å². The molecule has 5 nitrogen and oxygen atoms in total. The van der Waals surface area contributed by atoms with Gasteiger partial charge in [-0.15, -0.1) is 0 Å². The number of rotatable bonds is 4. The Morgan fingerprint density at radius 2 is 2.35 bits per heavy atom. The lowest BCUT2D eigenvalue weighted by Crippen LogP contribution is -2.22. The van der Waals surface area contributed by atoms with Gasteiger partial charge in [-0.1, -0.05) is 6.07 Å². The molecule has 1 fully saturated rings. The number of ether oxygens (including phenoxy) is 2. The maximum atomic E-state index is 13.0. The van der Waals surface area contributed by atoms with Crippen LogP contribution in [0.25, 0.3) is 0 Å². The smallest absolute Gasteiger partial charge is 0.377 e. The number of nitrogens with one attached hydrogen (secondary N) is 1. The minimum atomic E-state index is -3.44. The van der Waals surface area contributed by atoms with E-state index in [1.165, 1.54) is 7.11 Å².